The van der Waals surface area contributed by atoms with Gasteiger partial charge >= 0.3 is 5.97 Å². The fourth-order valence-corrected chi connectivity index (χ4v) is 4.41. The van der Waals surface area contributed by atoms with Gasteiger partial charge in [-0.1, -0.05) is 36.4 Å². The molecule has 1 N–H and O–H groups in total. The minimum atomic E-state index is -0.473. The fraction of sp³-hybridized carbons (Fsp3) is 0.286. The van der Waals surface area contributed by atoms with Crippen LogP contribution in [0.25, 0.3) is 0 Å². The molecule has 1 saturated heterocycles. The SMILES string of the molecule is COC(=O)c1ccc(N2CCN(Cc3ccccc3)CC2)c(NC(=O)c2c(OC)cccc2OC)c1. The van der Waals surface area contributed by atoms with E-state index in [4.69, 9.17) is 14.2 Å². The van der Waals surface area contributed by atoms with E-state index in [-0.39, 0.29) is 5.56 Å². The third-order valence-electron chi connectivity index (χ3n) is 6.28. The first-order valence-electron chi connectivity index (χ1n) is 11.8. The summed E-state index contributed by atoms with van der Waals surface area (Å²) in [5.74, 6) is -0.0750. The second-order valence-corrected chi connectivity index (χ2v) is 8.46. The van der Waals surface area contributed by atoms with Gasteiger partial charge in [-0.25, -0.2) is 4.79 Å². The molecule has 0 atom stereocenters. The van der Waals surface area contributed by atoms with Crippen LogP contribution in [0.5, 0.6) is 11.5 Å². The molecule has 0 aromatic heterocycles. The smallest absolute Gasteiger partial charge is 0.337 e. The van der Waals surface area contributed by atoms with Gasteiger partial charge in [0, 0.05) is 32.7 Å². The number of hydrogen-bond donors (Lipinski definition) is 1. The first-order valence-corrected chi connectivity index (χ1v) is 11.8. The van der Waals surface area contributed by atoms with E-state index in [2.05, 4.69) is 39.4 Å². The molecule has 3 aromatic carbocycles. The summed E-state index contributed by atoms with van der Waals surface area (Å²) in [4.78, 5) is 30.3. The van der Waals surface area contributed by atoms with Gasteiger partial charge in [-0.2, -0.15) is 0 Å². The number of amides is 1. The van der Waals surface area contributed by atoms with Gasteiger partial charge in [-0.15, -0.1) is 0 Å². The molecule has 1 amide bonds. The summed E-state index contributed by atoms with van der Waals surface area (Å²) in [5, 5.41) is 2.98. The quantitative estimate of drug-likeness (QED) is 0.478. The molecule has 3 aromatic rings. The fourth-order valence-electron chi connectivity index (χ4n) is 4.41. The molecule has 0 radical (unpaired) electrons. The van der Waals surface area contributed by atoms with Crippen LogP contribution in [0, 0.1) is 0 Å². The minimum Gasteiger partial charge on any atom is -0.496 e. The number of benzene rings is 3. The third-order valence-corrected chi connectivity index (χ3v) is 6.28. The number of hydrogen-bond acceptors (Lipinski definition) is 7. The lowest BCUT2D eigenvalue weighted by Crippen LogP contribution is -2.46. The maximum absolute atomic E-state index is 13.4. The molecule has 0 aliphatic carbocycles. The summed E-state index contributed by atoms with van der Waals surface area (Å²) < 4.78 is 15.7. The number of piperazine rings is 1. The topological polar surface area (TPSA) is 80.3 Å². The van der Waals surface area contributed by atoms with Crippen LogP contribution in [0.1, 0.15) is 26.3 Å². The van der Waals surface area contributed by atoms with E-state index in [0.29, 0.717) is 22.7 Å². The van der Waals surface area contributed by atoms with Crippen molar-refractivity contribution in [3.8, 4) is 11.5 Å². The number of nitrogens with zero attached hydrogens (tertiary/aromatic N) is 2. The molecule has 1 aliphatic rings. The predicted molar refractivity (Wildman–Crippen MR) is 139 cm³/mol. The maximum Gasteiger partial charge on any atom is 0.337 e. The van der Waals surface area contributed by atoms with Crippen molar-refractivity contribution in [2.45, 2.75) is 6.54 Å². The Morgan fingerprint density at radius 1 is 0.833 bits per heavy atom. The van der Waals surface area contributed by atoms with Crippen LogP contribution in [0.3, 0.4) is 0 Å². The highest BCUT2D eigenvalue weighted by atomic mass is 16.5. The Balaban J connectivity index is 1.58. The van der Waals surface area contributed by atoms with Crippen LogP contribution < -0.4 is 19.7 Å². The van der Waals surface area contributed by atoms with Gasteiger partial charge in [0.05, 0.1) is 38.3 Å². The van der Waals surface area contributed by atoms with Crippen LogP contribution in [0.4, 0.5) is 11.4 Å². The largest absolute Gasteiger partial charge is 0.496 e. The lowest BCUT2D eigenvalue weighted by molar-refractivity contribution is 0.0600. The van der Waals surface area contributed by atoms with Crippen LogP contribution in [-0.4, -0.2) is 64.3 Å². The zero-order chi connectivity index (χ0) is 25.5. The number of methoxy groups -OCH3 is 3. The highest BCUT2D eigenvalue weighted by molar-refractivity contribution is 6.10. The maximum atomic E-state index is 13.4. The Morgan fingerprint density at radius 2 is 1.50 bits per heavy atom. The molecule has 1 heterocycles. The van der Waals surface area contributed by atoms with E-state index in [0.717, 1.165) is 38.4 Å². The highest BCUT2D eigenvalue weighted by Gasteiger charge is 2.24. The average molecular weight is 490 g/mol. The summed E-state index contributed by atoms with van der Waals surface area (Å²) >= 11 is 0. The zero-order valence-corrected chi connectivity index (χ0v) is 20.8. The Hall–Kier alpha value is -4.04. The number of ether oxygens (including phenoxy) is 3. The predicted octanol–water partition coefficient (Wildman–Crippen LogP) is 4.06. The van der Waals surface area contributed by atoms with E-state index >= 15 is 0 Å². The van der Waals surface area contributed by atoms with Gasteiger partial charge in [0.2, 0.25) is 0 Å². The first kappa shape index (κ1) is 25.1. The Kier molecular flexibility index (Phi) is 8.07. The molecule has 188 valence electrons. The van der Waals surface area contributed by atoms with Gasteiger partial charge in [-0.3, -0.25) is 9.69 Å². The average Bonchev–Trinajstić information content (AvgIpc) is 2.93. The number of anilines is 2. The van der Waals surface area contributed by atoms with E-state index in [1.54, 1.807) is 30.3 Å². The van der Waals surface area contributed by atoms with Crippen molar-refractivity contribution < 1.29 is 23.8 Å². The minimum absolute atomic E-state index is 0.282. The zero-order valence-electron chi connectivity index (χ0n) is 20.8. The molecule has 1 fully saturated rings. The number of carbonyl (C=O) groups excluding carboxylic acids is 2. The molecule has 0 bridgehead atoms. The van der Waals surface area contributed by atoms with Crippen molar-refractivity contribution >= 4 is 23.3 Å². The number of esters is 1. The van der Waals surface area contributed by atoms with Crippen LogP contribution in [0.15, 0.2) is 66.7 Å². The van der Waals surface area contributed by atoms with E-state index in [1.807, 2.05) is 12.1 Å². The summed E-state index contributed by atoms with van der Waals surface area (Å²) in [6, 6.07) is 20.8. The molecular weight excluding hydrogens is 458 g/mol. The lowest BCUT2D eigenvalue weighted by atomic mass is 10.1. The second kappa shape index (κ2) is 11.6. The molecule has 8 nitrogen and oxygen atoms in total. The molecule has 0 saturated carbocycles. The number of carbonyl (C=O) groups is 2. The van der Waals surface area contributed by atoms with E-state index < -0.39 is 11.9 Å². The summed E-state index contributed by atoms with van der Waals surface area (Å²) in [7, 11) is 4.34. The summed E-state index contributed by atoms with van der Waals surface area (Å²) in [6.45, 7) is 4.21. The van der Waals surface area contributed by atoms with E-state index in [9.17, 15) is 9.59 Å². The van der Waals surface area contributed by atoms with Crippen molar-refractivity contribution in [2.75, 3.05) is 57.7 Å². The molecule has 1 aliphatic heterocycles. The highest BCUT2D eigenvalue weighted by Crippen LogP contribution is 2.33. The van der Waals surface area contributed by atoms with Gasteiger partial charge in [0.25, 0.3) is 5.91 Å². The monoisotopic (exact) mass is 489 g/mol. The molecule has 0 spiro atoms. The van der Waals surface area contributed by atoms with Gasteiger partial charge in [-0.05, 0) is 35.9 Å². The van der Waals surface area contributed by atoms with Gasteiger partial charge in [0.15, 0.2) is 0 Å². The summed E-state index contributed by atoms with van der Waals surface area (Å²) in [6.07, 6.45) is 0. The number of rotatable bonds is 8. The summed E-state index contributed by atoms with van der Waals surface area (Å²) in [5.41, 5.74) is 3.28. The third kappa shape index (κ3) is 5.60. The van der Waals surface area contributed by atoms with Crippen LogP contribution in [0.2, 0.25) is 0 Å². The van der Waals surface area contributed by atoms with Crippen molar-refractivity contribution in [3.05, 3.63) is 83.4 Å². The molecule has 8 heteroatoms. The first-order chi connectivity index (χ1) is 17.5. The van der Waals surface area contributed by atoms with E-state index in [1.165, 1.54) is 26.9 Å². The number of nitrogens with one attached hydrogen (secondary N) is 1. The Morgan fingerprint density at radius 3 is 2.11 bits per heavy atom. The lowest BCUT2D eigenvalue weighted by Gasteiger charge is -2.37. The van der Waals surface area contributed by atoms with Crippen molar-refractivity contribution in [1.29, 1.82) is 0 Å². The van der Waals surface area contributed by atoms with Gasteiger partial charge in [0.1, 0.15) is 17.1 Å². The second-order valence-electron chi connectivity index (χ2n) is 8.46. The molecular formula is C28H31N3O5. The van der Waals surface area contributed by atoms with Crippen molar-refractivity contribution in [2.24, 2.45) is 0 Å². The molecule has 0 unspecified atom stereocenters. The molecule has 36 heavy (non-hydrogen) atoms. The Bertz CT molecular complexity index is 1180. The normalized spacial score (nSPS) is 13.7. The van der Waals surface area contributed by atoms with Crippen molar-refractivity contribution in [3.63, 3.8) is 0 Å². The van der Waals surface area contributed by atoms with Crippen molar-refractivity contribution in [1.82, 2.24) is 4.90 Å². The van der Waals surface area contributed by atoms with Crippen LogP contribution >= 0.6 is 0 Å². The van der Waals surface area contributed by atoms with Gasteiger partial charge < -0.3 is 24.4 Å². The Labute approximate surface area is 211 Å². The standard InChI is InChI=1S/C28H31N3O5/c1-34-24-10-7-11-25(35-2)26(24)27(32)29-22-18-21(28(33)36-3)12-13-23(22)31-16-14-30(15-17-31)19-20-8-5-4-6-9-20/h4-13,18H,14-17,19H2,1-3H3,(H,29,32). The van der Waals surface area contributed by atoms with Crippen LogP contribution in [-0.2, 0) is 11.3 Å². The molecule has 4 rings (SSSR count).